The van der Waals surface area contributed by atoms with Crippen LogP contribution in [0, 0.1) is 0 Å². The molecule has 0 aromatic carbocycles. The van der Waals surface area contributed by atoms with Gasteiger partial charge in [-0.3, -0.25) is 4.79 Å². The molecule has 122 valence electrons. The second kappa shape index (κ2) is 11.2. The van der Waals surface area contributed by atoms with Crippen molar-refractivity contribution in [1.82, 2.24) is 15.5 Å². The van der Waals surface area contributed by atoms with E-state index in [1.807, 2.05) is 20.1 Å². The Morgan fingerprint density at radius 2 is 1.86 bits per heavy atom. The first-order valence-corrected chi connectivity index (χ1v) is 8.39. The van der Waals surface area contributed by atoms with Gasteiger partial charge in [0.2, 0.25) is 5.91 Å². The monoisotopic (exact) mass is 319 g/mol. The highest BCUT2D eigenvalue weighted by atomic mass is 32.2. The molecule has 0 aliphatic rings. The normalized spacial score (nSPS) is 11.6. The third kappa shape index (κ3) is 8.44. The van der Waals surface area contributed by atoms with Crippen LogP contribution in [0.2, 0.25) is 0 Å². The van der Waals surface area contributed by atoms with E-state index < -0.39 is 18.0 Å². The summed E-state index contributed by atoms with van der Waals surface area (Å²) in [5, 5.41) is 13.9. The fraction of sp³-hybridized carbons (Fsp3) is 0.769. The average molecular weight is 319 g/mol. The Hall–Kier alpha value is -1.44. The van der Waals surface area contributed by atoms with Gasteiger partial charge in [0, 0.05) is 26.1 Å². The number of carbonyl (C=O) groups excluding carboxylic acids is 2. The minimum atomic E-state index is -1.06. The van der Waals surface area contributed by atoms with E-state index >= 15 is 0 Å². The molecule has 3 N–H and O–H groups in total. The Morgan fingerprint density at radius 1 is 1.24 bits per heavy atom. The molecule has 0 aliphatic carbocycles. The van der Waals surface area contributed by atoms with Crippen LogP contribution in [0.5, 0.6) is 0 Å². The van der Waals surface area contributed by atoms with Crippen molar-refractivity contribution in [1.29, 1.82) is 0 Å². The molecule has 3 amide bonds. The van der Waals surface area contributed by atoms with Crippen LogP contribution >= 0.6 is 11.8 Å². The topological polar surface area (TPSA) is 98.7 Å². The third-order valence-corrected chi connectivity index (χ3v) is 3.60. The second-order valence-electron chi connectivity index (χ2n) is 4.39. The standard InChI is InChI=1S/C13H25N3O4S/c1-4-16(5-2)11(17)6-8-14-13(20)15-10(12(18)19)7-9-21-3/h10H,4-9H2,1-3H3,(H,18,19)(H2,14,15,20)/t10-/m1/s1. The first-order chi connectivity index (χ1) is 9.96. The lowest BCUT2D eigenvalue weighted by Crippen LogP contribution is -2.47. The summed E-state index contributed by atoms with van der Waals surface area (Å²) in [5.41, 5.74) is 0. The van der Waals surface area contributed by atoms with Gasteiger partial charge in [0.15, 0.2) is 0 Å². The van der Waals surface area contributed by atoms with Crippen molar-refractivity contribution in [3.8, 4) is 0 Å². The molecule has 0 rings (SSSR count). The van der Waals surface area contributed by atoms with E-state index in [0.717, 1.165) is 0 Å². The van der Waals surface area contributed by atoms with Crippen molar-refractivity contribution in [2.75, 3.05) is 31.6 Å². The predicted octanol–water partition coefficient (Wildman–Crippen LogP) is 0.750. The molecule has 8 heteroatoms. The number of aliphatic carboxylic acids is 1. The molecule has 21 heavy (non-hydrogen) atoms. The van der Waals surface area contributed by atoms with Gasteiger partial charge in [0.25, 0.3) is 0 Å². The van der Waals surface area contributed by atoms with E-state index in [1.54, 1.807) is 4.90 Å². The fourth-order valence-corrected chi connectivity index (χ4v) is 2.19. The van der Waals surface area contributed by atoms with Crippen molar-refractivity contribution in [3.05, 3.63) is 0 Å². The molecule has 0 aromatic heterocycles. The molecule has 0 aliphatic heterocycles. The number of carboxylic acid groups (broad SMARTS) is 1. The molecule has 0 saturated heterocycles. The van der Waals surface area contributed by atoms with E-state index in [9.17, 15) is 14.4 Å². The van der Waals surface area contributed by atoms with Crippen molar-refractivity contribution in [2.24, 2.45) is 0 Å². The molecule has 7 nitrogen and oxygen atoms in total. The Kier molecular flexibility index (Phi) is 10.5. The molecule has 0 unspecified atom stereocenters. The zero-order valence-corrected chi connectivity index (χ0v) is 13.7. The number of amides is 3. The highest BCUT2D eigenvalue weighted by molar-refractivity contribution is 7.98. The predicted molar refractivity (Wildman–Crippen MR) is 83.5 cm³/mol. The van der Waals surface area contributed by atoms with Crippen LogP contribution < -0.4 is 10.6 Å². The number of urea groups is 1. The van der Waals surface area contributed by atoms with Crippen LogP contribution in [0.1, 0.15) is 26.7 Å². The zero-order valence-electron chi connectivity index (χ0n) is 12.8. The SMILES string of the molecule is CCN(CC)C(=O)CCNC(=O)N[C@H](CCSC)C(=O)O. The first kappa shape index (κ1) is 19.6. The summed E-state index contributed by atoms with van der Waals surface area (Å²) in [6.07, 6.45) is 2.44. The minimum Gasteiger partial charge on any atom is -0.480 e. The lowest BCUT2D eigenvalue weighted by Gasteiger charge is -2.19. The van der Waals surface area contributed by atoms with Gasteiger partial charge >= 0.3 is 12.0 Å². The van der Waals surface area contributed by atoms with Crippen LogP contribution in [-0.2, 0) is 9.59 Å². The number of thioether (sulfide) groups is 1. The number of nitrogens with zero attached hydrogens (tertiary/aromatic N) is 1. The molecule has 0 saturated carbocycles. The van der Waals surface area contributed by atoms with E-state index in [2.05, 4.69) is 10.6 Å². The molecule has 0 heterocycles. The molecular formula is C13H25N3O4S. The van der Waals surface area contributed by atoms with E-state index in [-0.39, 0.29) is 18.9 Å². The summed E-state index contributed by atoms with van der Waals surface area (Å²) >= 11 is 1.52. The Morgan fingerprint density at radius 3 is 2.33 bits per heavy atom. The zero-order chi connectivity index (χ0) is 16.3. The quantitative estimate of drug-likeness (QED) is 0.552. The minimum absolute atomic E-state index is 0.0301. The van der Waals surface area contributed by atoms with Crippen molar-refractivity contribution < 1.29 is 19.5 Å². The van der Waals surface area contributed by atoms with Gasteiger partial charge in [-0.25, -0.2) is 9.59 Å². The summed E-state index contributed by atoms with van der Waals surface area (Å²) in [4.78, 5) is 36.0. The van der Waals surface area contributed by atoms with Gasteiger partial charge in [-0.2, -0.15) is 11.8 Å². The molecule has 0 fully saturated rings. The van der Waals surface area contributed by atoms with Crippen LogP contribution in [0.4, 0.5) is 4.79 Å². The summed E-state index contributed by atoms with van der Waals surface area (Å²) < 4.78 is 0. The molecule has 0 spiro atoms. The van der Waals surface area contributed by atoms with Gasteiger partial charge in [0.1, 0.15) is 6.04 Å². The maximum atomic E-state index is 11.7. The summed E-state index contributed by atoms with van der Waals surface area (Å²) in [6.45, 7) is 5.25. The average Bonchev–Trinajstić information content (AvgIpc) is 2.44. The number of carbonyl (C=O) groups is 3. The van der Waals surface area contributed by atoms with Crippen molar-refractivity contribution >= 4 is 29.7 Å². The van der Waals surface area contributed by atoms with E-state index in [0.29, 0.717) is 25.3 Å². The largest absolute Gasteiger partial charge is 0.480 e. The molecule has 1 atom stereocenters. The number of rotatable bonds is 10. The number of carboxylic acids is 1. The van der Waals surface area contributed by atoms with E-state index in [4.69, 9.17) is 5.11 Å². The fourth-order valence-electron chi connectivity index (χ4n) is 1.72. The highest BCUT2D eigenvalue weighted by Gasteiger charge is 2.19. The number of nitrogens with one attached hydrogen (secondary N) is 2. The van der Waals surface area contributed by atoms with Crippen molar-refractivity contribution in [3.63, 3.8) is 0 Å². The second-order valence-corrected chi connectivity index (χ2v) is 5.37. The summed E-state index contributed by atoms with van der Waals surface area (Å²) in [7, 11) is 0. The molecule has 0 aromatic rings. The number of hydrogen-bond donors (Lipinski definition) is 3. The van der Waals surface area contributed by atoms with Crippen LogP contribution in [0.25, 0.3) is 0 Å². The lowest BCUT2D eigenvalue weighted by molar-refractivity contribution is -0.139. The Balaban J connectivity index is 4.08. The van der Waals surface area contributed by atoms with Crippen molar-refractivity contribution in [2.45, 2.75) is 32.7 Å². The van der Waals surface area contributed by atoms with Crippen LogP contribution in [0.15, 0.2) is 0 Å². The van der Waals surface area contributed by atoms with Gasteiger partial charge in [0.05, 0.1) is 0 Å². The summed E-state index contributed by atoms with van der Waals surface area (Å²) in [6, 6.07) is -1.47. The Bertz CT molecular complexity index is 348. The van der Waals surface area contributed by atoms with Gasteiger partial charge in [-0.05, 0) is 32.3 Å². The Labute approximate surface area is 129 Å². The van der Waals surface area contributed by atoms with Crippen LogP contribution in [-0.4, -0.2) is 65.6 Å². The summed E-state index contributed by atoms with van der Waals surface area (Å²) in [5.74, 6) is -0.437. The van der Waals surface area contributed by atoms with Gasteiger partial charge in [-0.1, -0.05) is 0 Å². The number of hydrogen-bond acceptors (Lipinski definition) is 4. The molecule has 0 bridgehead atoms. The molecule has 0 radical (unpaired) electrons. The molecular weight excluding hydrogens is 294 g/mol. The smallest absolute Gasteiger partial charge is 0.326 e. The first-order valence-electron chi connectivity index (χ1n) is 7.00. The highest BCUT2D eigenvalue weighted by Crippen LogP contribution is 2.01. The van der Waals surface area contributed by atoms with Gasteiger partial charge < -0.3 is 20.6 Å². The van der Waals surface area contributed by atoms with Crippen LogP contribution in [0.3, 0.4) is 0 Å². The maximum Gasteiger partial charge on any atom is 0.326 e. The third-order valence-electron chi connectivity index (χ3n) is 2.95. The maximum absolute atomic E-state index is 11.7. The lowest BCUT2D eigenvalue weighted by atomic mass is 10.2. The van der Waals surface area contributed by atoms with Gasteiger partial charge in [-0.15, -0.1) is 0 Å². The van der Waals surface area contributed by atoms with E-state index in [1.165, 1.54) is 11.8 Å².